The highest BCUT2D eigenvalue weighted by atomic mass is 35.5. The van der Waals surface area contributed by atoms with Crippen LogP contribution in [0.5, 0.6) is 0 Å². The molecule has 0 aliphatic heterocycles. The summed E-state index contributed by atoms with van der Waals surface area (Å²) >= 11 is 0. The second-order valence-corrected chi connectivity index (χ2v) is 5.42. The van der Waals surface area contributed by atoms with Crippen molar-refractivity contribution in [3.8, 4) is 0 Å². The molecule has 4 nitrogen and oxygen atoms in total. The highest BCUT2D eigenvalue weighted by molar-refractivity contribution is 5.85. The van der Waals surface area contributed by atoms with Gasteiger partial charge in [0.15, 0.2) is 0 Å². The number of amides is 1. The van der Waals surface area contributed by atoms with Crippen LogP contribution in [0.4, 0.5) is 0 Å². The molecule has 0 aromatic heterocycles. The lowest BCUT2D eigenvalue weighted by atomic mass is 9.95. The third-order valence-electron chi connectivity index (χ3n) is 3.03. The van der Waals surface area contributed by atoms with Gasteiger partial charge in [0.05, 0.1) is 6.61 Å². The molecule has 5 heteroatoms. The highest BCUT2D eigenvalue weighted by Crippen LogP contribution is 2.13. The van der Waals surface area contributed by atoms with Crippen molar-refractivity contribution in [2.24, 2.45) is 5.73 Å². The van der Waals surface area contributed by atoms with E-state index < -0.39 is 6.04 Å². The zero-order valence-electron chi connectivity index (χ0n) is 12.4. The molecule has 114 valence electrons. The van der Waals surface area contributed by atoms with Crippen molar-refractivity contribution in [1.29, 1.82) is 0 Å². The Morgan fingerprint density at radius 3 is 2.50 bits per heavy atom. The van der Waals surface area contributed by atoms with Crippen LogP contribution in [0, 0.1) is 0 Å². The number of carbonyl (C=O) groups excluding carboxylic acids is 1. The summed E-state index contributed by atoms with van der Waals surface area (Å²) in [6.07, 6.45) is 1.79. The normalized spacial score (nSPS) is 12.4. The maximum Gasteiger partial charge on any atom is 0.239 e. The Morgan fingerprint density at radius 2 is 1.95 bits per heavy atom. The van der Waals surface area contributed by atoms with Gasteiger partial charge >= 0.3 is 0 Å². The van der Waals surface area contributed by atoms with Crippen molar-refractivity contribution < 1.29 is 9.53 Å². The molecule has 1 atom stereocenters. The smallest absolute Gasteiger partial charge is 0.239 e. The summed E-state index contributed by atoms with van der Waals surface area (Å²) in [7, 11) is 1.54. The summed E-state index contributed by atoms with van der Waals surface area (Å²) in [5.41, 5.74) is 6.70. The Hall–Kier alpha value is -1.10. The fourth-order valence-corrected chi connectivity index (χ4v) is 1.85. The van der Waals surface area contributed by atoms with E-state index in [1.54, 1.807) is 0 Å². The van der Waals surface area contributed by atoms with Crippen molar-refractivity contribution >= 4 is 18.3 Å². The summed E-state index contributed by atoms with van der Waals surface area (Å²) in [6, 6.07) is 9.62. The molecule has 0 fully saturated rings. The van der Waals surface area contributed by atoms with Gasteiger partial charge in [-0.3, -0.25) is 4.79 Å². The van der Waals surface area contributed by atoms with Gasteiger partial charge in [0.1, 0.15) is 6.04 Å². The van der Waals surface area contributed by atoms with Gasteiger partial charge in [-0.2, -0.15) is 0 Å². The van der Waals surface area contributed by atoms with Crippen LogP contribution in [0.3, 0.4) is 0 Å². The minimum absolute atomic E-state index is 0. The number of hydrogen-bond acceptors (Lipinski definition) is 3. The van der Waals surface area contributed by atoms with Gasteiger partial charge in [-0.25, -0.2) is 0 Å². The van der Waals surface area contributed by atoms with Gasteiger partial charge in [-0.05, 0) is 32.3 Å². The molecular weight excluding hydrogens is 276 g/mol. The van der Waals surface area contributed by atoms with Crippen molar-refractivity contribution in [1.82, 2.24) is 5.32 Å². The van der Waals surface area contributed by atoms with Crippen LogP contribution in [-0.4, -0.2) is 31.2 Å². The summed E-state index contributed by atoms with van der Waals surface area (Å²) in [5.74, 6) is -0.167. The summed E-state index contributed by atoms with van der Waals surface area (Å²) in [4.78, 5) is 11.8. The van der Waals surface area contributed by atoms with Gasteiger partial charge in [0.25, 0.3) is 0 Å². The third-order valence-corrected chi connectivity index (χ3v) is 3.03. The Morgan fingerprint density at radius 1 is 1.35 bits per heavy atom. The first-order valence-electron chi connectivity index (χ1n) is 6.55. The summed E-state index contributed by atoms with van der Waals surface area (Å²) < 4.78 is 4.88. The van der Waals surface area contributed by atoms with Crippen LogP contribution < -0.4 is 11.1 Å². The van der Waals surface area contributed by atoms with Crippen LogP contribution in [0.15, 0.2) is 30.3 Å². The molecule has 0 saturated carbocycles. The lowest BCUT2D eigenvalue weighted by Gasteiger charge is -2.28. The topological polar surface area (TPSA) is 64.3 Å². The molecule has 1 unspecified atom stereocenters. The van der Waals surface area contributed by atoms with E-state index >= 15 is 0 Å². The Kier molecular flexibility index (Phi) is 8.46. The Balaban J connectivity index is 0.00000361. The van der Waals surface area contributed by atoms with Crippen molar-refractivity contribution in [2.75, 3.05) is 13.7 Å². The molecule has 0 saturated heterocycles. The van der Waals surface area contributed by atoms with Crippen LogP contribution in [-0.2, 0) is 16.0 Å². The van der Waals surface area contributed by atoms with Gasteiger partial charge in [-0.15, -0.1) is 12.4 Å². The number of nitrogens with one attached hydrogen (secondary N) is 1. The quantitative estimate of drug-likeness (QED) is 0.808. The van der Waals surface area contributed by atoms with E-state index in [1.807, 2.05) is 32.0 Å². The molecule has 1 rings (SSSR count). The molecule has 3 N–H and O–H groups in total. The average Bonchev–Trinajstić information content (AvgIpc) is 2.37. The standard InChI is InChI=1S/C15H24N2O2.ClH/c1-15(2,17-14(18)13(16)11-19-3)10-9-12-7-5-4-6-8-12;/h4-8,13H,9-11,16H2,1-3H3,(H,17,18);1H. The van der Waals surface area contributed by atoms with E-state index in [9.17, 15) is 4.79 Å². The second kappa shape index (κ2) is 8.95. The molecule has 0 radical (unpaired) electrons. The van der Waals surface area contributed by atoms with Crippen LogP contribution >= 0.6 is 12.4 Å². The first kappa shape index (κ1) is 18.9. The molecule has 1 amide bonds. The van der Waals surface area contributed by atoms with Crippen LogP contribution in [0.25, 0.3) is 0 Å². The zero-order chi connectivity index (χ0) is 14.3. The SMILES string of the molecule is COCC(N)C(=O)NC(C)(C)CCc1ccccc1.Cl. The summed E-state index contributed by atoms with van der Waals surface area (Å²) in [6.45, 7) is 4.25. The Labute approximate surface area is 127 Å². The third kappa shape index (κ3) is 6.89. The first-order valence-corrected chi connectivity index (χ1v) is 6.55. The predicted octanol–water partition coefficient (Wildman–Crippen LogP) is 1.91. The van der Waals surface area contributed by atoms with Crippen molar-refractivity contribution in [3.05, 3.63) is 35.9 Å². The molecule has 20 heavy (non-hydrogen) atoms. The number of ether oxygens (including phenoxy) is 1. The first-order chi connectivity index (χ1) is 8.94. The monoisotopic (exact) mass is 300 g/mol. The van der Waals surface area contributed by atoms with Gasteiger partial charge < -0.3 is 15.8 Å². The Bertz CT molecular complexity index is 396. The number of halogens is 1. The molecule has 1 aromatic carbocycles. The van der Waals surface area contributed by atoms with Gasteiger partial charge in [0.2, 0.25) is 5.91 Å². The molecule has 0 aliphatic rings. The molecule has 0 bridgehead atoms. The second-order valence-electron chi connectivity index (χ2n) is 5.42. The maximum absolute atomic E-state index is 11.8. The van der Waals surface area contributed by atoms with E-state index in [2.05, 4.69) is 17.4 Å². The lowest BCUT2D eigenvalue weighted by molar-refractivity contribution is -0.125. The molecular formula is C15H25ClN2O2. The minimum Gasteiger partial charge on any atom is -0.383 e. The number of aryl methyl sites for hydroxylation is 1. The van der Waals surface area contributed by atoms with E-state index in [1.165, 1.54) is 12.7 Å². The number of methoxy groups -OCH3 is 1. The zero-order valence-corrected chi connectivity index (χ0v) is 13.2. The number of nitrogens with two attached hydrogens (primary N) is 1. The largest absolute Gasteiger partial charge is 0.383 e. The lowest BCUT2D eigenvalue weighted by Crippen LogP contribution is -2.52. The van der Waals surface area contributed by atoms with Gasteiger partial charge in [0, 0.05) is 12.6 Å². The minimum atomic E-state index is -0.610. The number of carbonyl (C=O) groups is 1. The summed E-state index contributed by atoms with van der Waals surface area (Å²) in [5, 5.41) is 2.97. The maximum atomic E-state index is 11.8. The fourth-order valence-electron chi connectivity index (χ4n) is 1.85. The van der Waals surface area contributed by atoms with E-state index in [-0.39, 0.29) is 30.5 Å². The number of benzene rings is 1. The number of rotatable bonds is 7. The highest BCUT2D eigenvalue weighted by Gasteiger charge is 2.23. The van der Waals surface area contributed by atoms with Crippen LogP contribution in [0.2, 0.25) is 0 Å². The molecule has 0 spiro atoms. The number of hydrogen-bond donors (Lipinski definition) is 2. The molecule has 0 heterocycles. The van der Waals surface area contributed by atoms with Crippen molar-refractivity contribution in [2.45, 2.75) is 38.3 Å². The predicted molar refractivity (Wildman–Crippen MR) is 84.1 cm³/mol. The van der Waals surface area contributed by atoms with E-state index in [0.717, 1.165) is 12.8 Å². The van der Waals surface area contributed by atoms with Crippen LogP contribution in [0.1, 0.15) is 25.8 Å². The fraction of sp³-hybridized carbons (Fsp3) is 0.533. The molecule has 1 aromatic rings. The van der Waals surface area contributed by atoms with Gasteiger partial charge in [-0.1, -0.05) is 30.3 Å². The van der Waals surface area contributed by atoms with E-state index in [0.29, 0.717) is 0 Å². The molecule has 0 aliphatic carbocycles. The van der Waals surface area contributed by atoms with Crippen molar-refractivity contribution in [3.63, 3.8) is 0 Å². The average molecular weight is 301 g/mol. The van der Waals surface area contributed by atoms with E-state index in [4.69, 9.17) is 10.5 Å².